The van der Waals surface area contributed by atoms with Crippen molar-refractivity contribution < 1.29 is 4.79 Å². The molecule has 0 aromatic carbocycles. The molecule has 0 spiro atoms. The summed E-state index contributed by atoms with van der Waals surface area (Å²) in [7, 11) is 0. The van der Waals surface area contributed by atoms with Gasteiger partial charge in [0.1, 0.15) is 0 Å². The van der Waals surface area contributed by atoms with Crippen molar-refractivity contribution in [3.8, 4) is 0 Å². The van der Waals surface area contributed by atoms with Crippen molar-refractivity contribution in [1.29, 1.82) is 0 Å². The number of hydrogen-bond donors (Lipinski definition) is 0. The fraction of sp³-hybridized carbons (Fsp3) is 0.833. The maximum absolute atomic E-state index is 9.90. The zero-order valence-corrected chi connectivity index (χ0v) is 4.05. The van der Waals surface area contributed by atoms with Crippen LogP contribution in [0.15, 0.2) is 0 Å². The zero-order valence-electron chi connectivity index (χ0n) is 4.05. The van der Waals surface area contributed by atoms with Crippen LogP contribution >= 0.6 is 0 Å². The molecular formula is C6H7O. The van der Waals surface area contributed by atoms with Gasteiger partial charge in [-0.05, 0) is 24.7 Å². The van der Waals surface area contributed by atoms with Crippen LogP contribution in [-0.4, -0.2) is 6.29 Å². The molecule has 0 amide bonds. The van der Waals surface area contributed by atoms with Gasteiger partial charge in [0, 0.05) is 5.92 Å². The topological polar surface area (TPSA) is 17.1 Å². The van der Waals surface area contributed by atoms with E-state index in [0.717, 1.165) is 11.8 Å². The third kappa shape index (κ3) is 0.245. The summed E-state index contributed by atoms with van der Waals surface area (Å²) in [6.07, 6.45) is 4.69. The van der Waals surface area contributed by atoms with E-state index in [1.807, 2.05) is 0 Å². The molecule has 3 saturated carbocycles. The fourth-order valence-electron chi connectivity index (χ4n) is 1.48. The Morgan fingerprint density at radius 3 is 1.86 bits per heavy atom. The van der Waals surface area contributed by atoms with Crippen molar-refractivity contribution >= 4 is 6.29 Å². The molecule has 3 aliphatic rings. The van der Waals surface area contributed by atoms with Crippen molar-refractivity contribution in [2.24, 2.45) is 17.8 Å². The van der Waals surface area contributed by atoms with Crippen molar-refractivity contribution in [2.45, 2.75) is 12.8 Å². The fourth-order valence-corrected chi connectivity index (χ4v) is 1.48. The summed E-state index contributed by atoms with van der Waals surface area (Å²) in [5.74, 6) is 1.91. The smallest absolute Gasteiger partial charge is 0.202 e. The van der Waals surface area contributed by atoms with Gasteiger partial charge in [0.2, 0.25) is 6.29 Å². The minimum Gasteiger partial charge on any atom is -0.291 e. The van der Waals surface area contributed by atoms with Crippen LogP contribution in [0.3, 0.4) is 0 Å². The number of carbonyl (C=O) groups excluding carboxylic acids is 1. The van der Waals surface area contributed by atoms with Gasteiger partial charge in [0.05, 0.1) is 0 Å². The van der Waals surface area contributed by atoms with E-state index in [1.54, 1.807) is 0 Å². The van der Waals surface area contributed by atoms with E-state index in [-0.39, 0.29) is 0 Å². The van der Waals surface area contributed by atoms with Crippen LogP contribution in [0, 0.1) is 17.8 Å². The Morgan fingerprint density at radius 2 is 1.86 bits per heavy atom. The molecule has 3 aliphatic carbocycles. The standard InChI is InChI=1S/C6H7O/c7-3-6-4-1-5(6)2-4/h4-6H,1-2H2. The normalized spacial score (nSPS) is 54.6. The predicted molar refractivity (Wildman–Crippen MR) is 25.4 cm³/mol. The molecule has 0 unspecified atom stereocenters. The van der Waals surface area contributed by atoms with Gasteiger partial charge in [0.15, 0.2) is 0 Å². The van der Waals surface area contributed by atoms with E-state index in [2.05, 4.69) is 6.29 Å². The molecule has 0 heterocycles. The van der Waals surface area contributed by atoms with Crippen molar-refractivity contribution in [2.75, 3.05) is 0 Å². The first-order valence-electron chi connectivity index (χ1n) is 2.79. The average molecular weight is 95.1 g/mol. The van der Waals surface area contributed by atoms with Gasteiger partial charge in [-0.1, -0.05) is 0 Å². The molecule has 1 radical (unpaired) electrons. The molecule has 3 fully saturated rings. The third-order valence-electron chi connectivity index (χ3n) is 2.36. The van der Waals surface area contributed by atoms with Gasteiger partial charge in [-0.2, -0.15) is 0 Å². The lowest BCUT2D eigenvalue weighted by Crippen LogP contribution is -2.50. The first-order valence-corrected chi connectivity index (χ1v) is 2.79. The van der Waals surface area contributed by atoms with Gasteiger partial charge < -0.3 is 0 Å². The van der Waals surface area contributed by atoms with Crippen LogP contribution in [0.1, 0.15) is 12.8 Å². The summed E-state index contributed by atoms with van der Waals surface area (Å²) in [5, 5.41) is 0. The van der Waals surface area contributed by atoms with Gasteiger partial charge in [0.25, 0.3) is 0 Å². The Morgan fingerprint density at radius 1 is 1.29 bits per heavy atom. The lowest BCUT2D eigenvalue weighted by molar-refractivity contribution is -0.0343. The highest BCUT2D eigenvalue weighted by atomic mass is 16.1. The first-order chi connectivity index (χ1) is 3.42. The summed E-state index contributed by atoms with van der Waals surface area (Å²) in [6.45, 7) is 0. The van der Waals surface area contributed by atoms with E-state index < -0.39 is 0 Å². The SMILES string of the molecule is O=[C]C1C2CC1C2. The summed E-state index contributed by atoms with van der Waals surface area (Å²) < 4.78 is 0. The maximum Gasteiger partial charge on any atom is 0.202 e. The Bertz CT molecular complexity index is 94.7. The number of hydrogen-bond acceptors (Lipinski definition) is 1. The summed E-state index contributed by atoms with van der Waals surface area (Å²) >= 11 is 0. The lowest BCUT2D eigenvalue weighted by Gasteiger charge is -2.55. The van der Waals surface area contributed by atoms with Crippen molar-refractivity contribution in [3.05, 3.63) is 0 Å². The molecule has 0 aromatic rings. The second-order valence-electron chi connectivity index (χ2n) is 2.64. The second-order valence-corrected chi connectivity index (χ2v) is 2.64. The molecule has 0 saturated heterocycles. The van der Waals surface area contributed by atoms with Crippen LogP contribution < -0.4 is 0 Å². The molecule has 37 valence electrons. The van der Waals surface area contributed by atoms with Crippen molar-refractivity contribution in [1.82, 2.24) is 0 Å². The highest BCUT2D eigenvalue weighted by Gasteiger charge is 2.52. The maximum atomic E-state index is 9.90. The minimum atomic E-state index is 0.375. The Hall–Kier alpha value is -0.330. The quantitative estimate of drug-likeness (QED) is 0.469. The highest BCUT2D eigenvalue weighted by molar-refractivity contribution is 5.59. The molecule has 0 atom stereocenters. The Labute approximate surface area is 42.7 Å². The molecule has 3 rings (SSSR count). The van der Waals surface area contributed by atoms with Crippen LogP contribution in [-0.2, 0) is 4.79 Å². The van der Waals surface area contributed by atoms with Crippen LogP contribution in [0.25, 0.3) is 0 Å². The van der Waals surface area contributed by atoms with Crippen LogP contribution in [0.5, 0.6) is 0 Å². The monoisotopic (exact) mass is 95.0 g/mol. The van der Waals surface area contributed by atoms with E-state index in [9.17, 15) is 4.79 Å². The van der Waals surface area contributed by atoms with Gasteiger partial charge in [-0.15, -0.1) is 0 Å². The second kappa shape index (κ2) is 0.908. The van der Waals surface area contributed by atoms with Crippen molar-refractivity contribution in [3.63, 3.8) is 0 Å². The molecule has 0 aliphatic heterocycles. The summed E-state index contributed by atoms with van der Waals surface area (Å²) in [6, 6.07) is 0. The molecule has 2 bridgehead atoms. The summed E-state index contributed by atoms with van der Waals surface area (Å²) in [4.78, 5) is 9.90. The first kappa shape index (κ1) is 3.65. The molecular weight excluding hydrogens is 88.1 g/mol. The van der Waals surface area contributed by atoms with Crippen LogP contribution in [0.2, 0.25) is 0 Å². The van der Waals surface area contributed by atoms with E-state index >= 15 is 0 Å². The highest BCUT2D eigenvalue weighted by Crippen LogP contribution is 2.57. The molecule has 1 nitrogen and oxygen atoms in total. The molecule has 7 heavy (non-hydrogen) atoms. The van der Waals surface area contributed by atoms with Gasteiger partial charge in [-0.3, -0.25) is 4.79 Å². The third-order valence-corrected chi connectivity index (χ3v) is 2.36. The average Bonchev–Trinajstić information content (AvgIpc) is 1.24. The van der Waals surface area contributed by atoms with E-state index in [1.165, 1.54) is 12.8 Å². The van der Waals surface area contributed by atoms with Gasteiger partial charge >= 0.3 is 0 Å². The van der Waals surface area contributed by atoms with Crippen LogP contribution in [0.4, 0.5) is 0 Å². The molecule has 0 aromatic heterocycles. The summed E-state index contributed by atoms with van der Waals surface area (Å²) in [5.41, 5.74) is 0. The Balaban J connectivity index is 2.05. The molecule has 0 N–H and O–H groups in total. The lowest BCUT2D eigenvalue weighted by atomic mass is 9.49. The Kier molecular flexibility index (Phi) is 0.473. The van der Waals surface area contributed by atoms with Gasteiger partial charge in [-0.25, -0.2) is 0 Å². The zero-order chi connectivity index (χ0) is 4.85. The minimum absolute atomic E-state index is 0.375. The predicted octanol–water partition coefficient (Wildman–Crippen LogP) is 0.752. The van der Waals surface area contributed by atoms with E-state index in [4.69, 9.17) is 0 Å². The number of rotatable bonds is 1. The van der Waals surface area contributed by atoms with E-state index in [0.29, 0.717) is 5.92 Å². The largest absolute Gasteiger partial charge is 0.291 e. The molecule has 1 heteroatoms.